The van der Waals surface area contributed by atoms with Crippen LogP contribution in [0.15, 0.2) is 12.1 Å². The first-order valence-corrected chi connectivity index (χ1v) is 6.32. The van der Waals surface area contributed by atoms with Gasteiger partial charge in [-0.1, -0.05) is 11.6 Å². The lowest BCUT2D eigenvalue weighted by Crippen LogP contribution is -2.41. The van der Waals surface area contributed by atoms with E-state index in [1.54, 1.807) is 17.0 Å². The van der Waals surface area contributed by atoms with Crippen molar-refractivity contribution in [1.29, 1.82) is 0 Å². The average Bonchev–Trinajstić information content (AvgIpc) is 2.28. The number of hydrogen-bond acceptors (Lipinski definition) is 3. The highest BCUT2D eigenvalue weighted by molar-refractivity contribution is 6.33. The Hall–Kier alpha value is -1.42. The molecule has 2 rings (SSSR count). The number of nitrogen functional groups attached to an aromatic ring is 1. The van der Waals surface area contributed by atoms with E-state index in [2.05, 4.69) is 0 Å². The molecule has 0 aliphatic heterocycles. The van der Waals surface area contributed by atoms with Gasteiger partial charge in [-0.3, -0.25) is 4.79 Å². The number of benzene rings is 1. The Morgan fingerprint density at radius 1 is 1.50 bits per heavy atom. The summed E-state index contributed by atoms with van der Waals surface area (Å²) in [6, 6.07) is 3.50. The van der Waals surface area contributed by atoms with E-state index in [0.29, 0.717) is 28.1 Å². The fourth-order valence-electron chi connectivity index (χ4n) is 2.03. The largest absolute Gasteiger partial charge is 0.496 e. The summed E-state index contributed by atoms with van der Waals surface area (Å²) in [6.07, 6.45) is 3.31. The molecule has 0 radical (unpaired) electrons. The van der Waals surface area contributed by atoms with E-state index in [0.717, 1.165) is 12.8 Å². The lowest BCUT2D eigenvalue weighted by molar-refractivity contribution is 0.0649. The molecule has 4 nitrogen and oxygen atoms in total. The summed E-state index contributed by atoms with van der Waals surface area (Å²) in [5.74, 6) is 0.395. The molecule has 0 atom stereocenters. The van der Waals surface area contributed by atoms with E-state index in [1.165, 1.54) is 13.5 Å². The van der Waals surface area contributed by atoms with Crippen molar-refractivity contribution in [1.82, 2.24) is 4.90 Å². The van der Waals surface area contributed by atoms with Crippen molar-refractivity contribution in [2.45, 2.75) is 25.3 Å². The molecule has 1 amide bonds. The van der Waals surface area contributed by atoms with Crippen molar-refractivity contribution >= 4 is 23.2 Å². The van der Waals surface area contributed by atoms with Gasteiger partial charge in [0, 0.05) is 19.2 Å². The Bertz CT molecular complexity index is 472. The maximum Gasteiger partial charge on any atom is 0.257 e. The van der Waals surface area contributed by atoms with Crippen LogP contribution in [0.4, 0.5) is 5.69 Å². The van der Waals surface area contributed by atoms with Crippen molar-refractivity contribution in [3.05, 3.63) is 22.7 Å². The molecular weight excluding hydrogens is 252 g/mol. The fourth-order valence-corrected chi connectivity index (χ4v) is 2.20. The Morgan fingerprint density at radius 3 is 2.67 bits per heavy atom. The smallest absolute Gasteiger partial charge is 0.257 e. The van der Waals surface area contributed by atoms with Crippen molar-refractivity contribution < 1.29 is 9.53 Å². The Kier molecular flexibility index (Phi) is 3.66. The summed E-state index contributed by atoms with van der Waals surface area (Å²) in [5.41, 5.74) is 6.58. The lowest BCUT2D eigenvalue weighted by Gasteiger charge is -2.35. The number of carbonyl (C=O) groups is 1. The van der Waals surface area contributed by atoms with E-state index in [4.69, 9.17) is 22.1 Å². The summed E-state index contributed by atoms with van der Waals surface area (Å²) in [5, 5.41) is 0.376. The highest BCUT2D eigenvalue weighted by atomic mass is 35.5. The number of anilines is 1. The van der Waals surface area contributed by atoms with Gasteiger partial charge < -0.3 is 15.4 Å². The zero-order valence-corrected chi connectivity index (χ0v) is 11.3. The van der Waals surface area contributed by atoms with Crippen LogP contribution in [-0.4, -0.2) is 31.0 Å². The first kappa shape index (κ1) is 13.0. The summed E-state index contributed by atoms with van der Waals surface area (Å²) >= 11 is 5.97. The minimum Gasteiger partial charge on any atom is -0.496 e. The van der Waals surface area contributed by atoms with Crippen LogP contribution in [0.25, 0.3) is 0 Å². The number of hydrogen-bond donors (Lipinski definition) is 1. The van der Waals surface area contributed by atoms with Crippen LogP contribution in [-0.2, 0) is 0 Å². The molecule has 1 aliphatic carbocycles. The number of nitrogens with two attached hydrogens (primary N) is 1. The van der Waals surface area contributed by atoms with Crippen molar-refractivity contribution in [2.75, 3.05) is 19.9 Å². The maximum absolute atomic E-state index is 12.4. The molecule has 1 saturated carbocycles. The zero-order valence-electron chi connectivity index (χ0n) is 10.6. The molecule has 0 unspecified atom stereocenters. The molecule has 0 spiro atoms. The second-order valence-corrected chi connectivity index (χ2v) is 4.98. The van der Waals surface area contributed by atoms with Gasteiger partial charge in [-0.05, 0) is 25.3 Å². The first-order valence-electron chi connectivity index (χ1n) is 5.94. The standard InChI is InChI=1S/C13H17ClN2O2/c1-16(8-4-3-5-8)13(17)9-6-10(14)11(15)7-12(9)18-2/h6-8H,3-5,15H2,1-2H3. The van der Waals surface area contributed by atoms with E-state index in [-0.39, 0.29) is 5.91 Å². The van der Waals surface area contributed by atoms with Crippen LogP contribution in [0.1, 0.15) is 29.6 Å². The number of amides is 1. The molecule has 1 aliphatic rings. The Labute approximate surface area is 112 Å². The van der Waals surface area contributed by atoms with Crippen molar-refractivity contribution in [3.8, 4) is 5.75 Å². The van der Waals surface area contributed by atoms with Crippen molar-refractivity contribution in [2.24, 2.45) is 0 Å². The van der Waals surface area contributed by atoms with E-state index in [9.17, 15) is 4.79 Å². The normalized spacial score (nSPS) is 15.1. The first-order chi connectivity index (χ1) is 8.54. The van der Waals surface area contributed by atoms with Gasteiger partial charge in [-0.25, -0.2) is 0 Å². The second-order valence-electron chi connectivity index (χ2n) is 4.57. The summed E-state index contributed by atoms with van der Waals surface area (Å²) in [4.78, 5) is 14.1. The number of carbonyl (C=O) groups excluding carboxylic acids is 1. The van der Waals surface area contributed by atoms with Gasteiger partial charge in [0.15, 0.2) is 0 Å². The Balaban J connectivity index is 2.31. The van der Waals surface area contributed by atoms with Gasteiger partial charge in [-0.2, -0.15) is 0 Å². The minimum atomic E-state index is -0.0709. The topological polar surface area (TPSA) is 55.6 Å². The molecule has 1 fully saturated rings. The number of methoxy groups -OCH3 is 1. The summed E-state index contributed by atoms with van der Waals surface area (Å²) < 4.78 is 5.20. The third kappa shape index (κ3) is 2.25. The average molecular weight is 269 g/mol. The molecular formula is C13H17ClN2O2. The van der Waals surface area contributed by atoms with Crippen molar-refractivity contribution in [3.63, 3.8) is 0 Å². The van der Waals surface area contributed by atoms with Gasteiger partial charge in [-0.15, -0.1) is 0 Å². The number of nitrogens with zero attached hydrogens (tertiary/aromatic N) is 1. The van der Waals surface area contributed by atoms with Gasteiger partial charge in [0.05, 0.1) is 23.4 Å². The van der Waals surface area contributed by atoms with Gasteiger partial charge in [0.2, 0.25) is 0 Å². The number of halogens is 1. The number of rotatable bonds is 3. The molecule has 0 saturated heterocycles. The second kappa shape index (κ2) is 5.06. The molecule has 1 aromatic rings. The van der Waals surface area contributed by atoms with Gasteiger partial charge >= 0.3 is 0 Å². The monoisotopic (exact) mass is 268 g/mol. The minimum absolute atomic E-state index is 0.0709. The van der Waals surface area contributed by atoms with Crippen LogP contribution >= 0.6 is 11.6 Å². The third-order valence-corrected chi connectivity index (χ3v) is 3.82. The zero-order chi connectivity index (χ0) is 13.3. The molecule has 1 aromatic carbocycles. The van der Waals surface area contributed by atoms with Crippen LogP contribution in [0, 0.1) is 0 Å². The maximum atomic E-state index is 12.4. The predicted octanol–water partition coefficient (Wildman–Crippen LogP) is 2.56. The van der Waals surface area contributed by atoms with Gasteiger partial charge in [0.1, 0.15) is 5.75 Å². The molecule has 5 heteroatoms. The fraction of sp³-hybridized carbons (Fsp3) is 0.462. The van der Waals surface area contributed by atoms with Crippen LogP contribution in [0.3, 0.4) is 0 Å². The molecule has 0 aromatic heterocycles. The summed E-state index contributed by atoms with van der Waals surface area (Å²) in [6.45, 7) is 0. The van der Waals surface area contributed by atoms with E-state index < -0.39 is 0 Å². The van der Waals surface area contributed by atoms with Crippen LogP contribution in [0.5, 0.6) is 5.75 Å². The third-order valence-electron chi connectivity index (χ3n) is 3.49. The van der Waals surface area contributed by atoms with E-state index in [1.807, 2.05) is 7.05 Å². The molecule has 2 N–H and O–H groups in total. The molecule has 0 bridgehead atoms. The molecule has 98 valence electrons. The lowest BCUT2D eigenvalue weighted by atomic mass is 9.91. The predicted molar refractivity (Wildman–Crippen MR) is 72.1 cm³/mol. The SMILES string of the molecule is COc1cc(N)c(Cl)cc1C(=O)N(C)C1CCC1. The molecule has 18 heavy (non-hydrogen) atoms. The number of ether oxygens (including phenoxy) is 1. The van der Waals surface area contributed by atoms with Crippen LogP contribution in [0.2, 0.25) is 5.02 Å². The highest BCUT2D eigenvalue weighted by Crippen LogP contribution is 2.31. The highest BCUT2D eigenvalue weighted by Gasteiger charge is 2.28. The molecule has 0 heterocycles. The Morgan fingerprint density at radius 2 is 2.17 bits per heavy atom. The quantitative estimate of drug-likeness (QED) is 0.857. The van der Waals surface area contributed by atoms with Gasteiger partial charge in [0.25, 0.3) is 5.91 Å². The summed E-state index contributed by atoms with van der Waals surface area (Å²) in [7, 11) is 3.33. The van der Waals surface area contributed by atoms with Crippen LogP contribution < -0.4 is 10.5 Å². The van der Waals surface area contributed by atoms with E-state index >= 15 is 0 Å².